The van der Waals surface area contributed by atoms with Gasteiger partial charge in [-0.25, -0.2) is 4.79 Å². The molecule has 0 unspecified atom stereocenters. The van der Waals surface area contributed by atoms with Crippen LogP contribution in [0.5, 0.6) is 5.75 Å². The van der Waals surface area contributed by atoms with E-state index >= 15 is 0 Å². The predicted molar refractivity (Wildman–Crippen MR) is 100 cm³/mol. The van der Waals surface area contributed by atoms with Crippen LogP contribution in [-0.2, 0) is 10.1 Å². The summed E-state index contributed by atoms with van der Waals surface area (Å²) in [6.45, 7) is 0. The Morgan fingerprint density at radius 1 is 1.17 bits per heavy atom. The van der Waals surface area contributed by atoms with Gasteiger partial charge in [0.05, 0.1) is 16.1 Å². The summed E-state index contributed by atoms with van der Waals surface area (Å²) >= 11 is 0. The molecule has 2 aromatic carbocycles. The van der Waals surface area contributed by atoms with Gasteiger partial charge in [-0.15, -0.1) is 25.5 Å². The number of rotatable bonds is 6. The SMILES string of the molecule is O=C(O)c1ccccc1N=N/C(=N/Nc1cc(S(=O)(=O)O)ccc1O)c1nn[nH]n1. The molecule has 0 bridgehead atoms. The summed E-state index contributed by atoms with van der Waals surface area (Å²) in [5.74, 6) is -2.01. The normalized spacial score (nSPS) is 12.2. The molecule has 0 aliphatic heterocycles. The number of nitrogens with zero attached hydrogens (tertiary/aromatic N) is 6. The minimum absolute atomic E-state index is 0.0254. The molecule has 3 rings (SSSR count). The Bertz CT molecular complexity index is 1240. The van der Waals surface area contributed by atoms with Gasteiger partial charge in [0.1, 0.15) is 11.4 Å². The number of carboxylic acids is 1. The lowest BCUT2D eigenvalue weighted by atomic mass is 10.2. The summed E-state index contributed by atoms with van der Waals surface area (Å²) < 4.78 is 31.7. The second kappa shape index (κ2) is 8.41. The second-order valence-corrected chi connectivity index (χ2v) is 6.88. The molecular formula is C15H12N8O6S. The molecule has 0 atom stereocenters. The number of hydrogen-bond donors (Lipinski definition) is 5. The van der Waals surface area contributed by atoms with Crippen molar-refractivity contribution in [2.75, 3.05) is 5.43 Å². The van der Waals surface area contributed by atoms with Crippen LogP contribution in [0.3, 0.4) is 0 Å². The maximum atomic E-state index is 11.3. The lowest BCUT2D eigenvalue weighted by Crippen LogP contribution is -2.05. The smallest absolute Gasteiger partial charge is 0.337 e. The summed E-state index contributed by atoms with van der Waals surface area (Å²) in [4.78, 5) is 10.8. The van der Waals surface area contributed by atoms with Crippen molar-refractivity contribution in [2.24, 2.45) is 15.3 Å². The van der Waals surface area contributed by atoms with Gasteiger partial charge >= 0.3 is 5.97 Å². The van der Waals surface area contributed by atoms with E-state index in [4.69, 9.17) is 4.55 Å². The van der Waals surface area contributed by atoms with Crippen LogP contribution in [0.1, 0.15) is 16.2 Å². The molecule has 0 aliphatic carbocycles. The monoisotopic (exact) mass is 432 g/mol. The van der Waals surface area contributed by atoms with Gasteiger partial charge in [-0.05, 0) is 35.5 Å². The first-order valence-corrected chi connectivity index (χ1v) is 9.32. The molecule has 15 heteroatoms. The van der Waals surface area contributed by atoms with E-state index in [1.165, 1.54) is 18.2 Å². The lowest BCUT2D eigenvalue weighted by Gasteiger charge is -2.06. The molecule has 1 aromatic heterocycles. The maximum absolute atomic E-state index is 11.3. The van der Waals surface area contributed by atoms with Crippen LogP contribution in [0.2, 0.25) is 0 Å². The molecule has 0 fully saturated rings. The molecule has 5 N–H and O–H groups in total. The molecule has 0 saturated heterocycles. The number of hydrazone groups is 1. The largest absolute Gasteiger partial charge is 0.506 e. The van der Waals surface area contributed by atoms with Crippen LogP contribution in [0.25, 0.3) is 0 Å². The highest BCUT2D eigenvalue weighted by Crippen LogP contribution is 2.26. The molecule has 3 aromatic rings. The number of nitrogens with one attached hydrogen (secondary N) is 2. The number of H-pyrrole nitrogens is 1. The van der Waals surface area contributed by atoms with Gasteiger partial charge in [-0.2, -0.15) is 13.6 Å². The number of phenolic OH excluding ortho intramolecular Hbond substituents is 1. The third kappa shape index (κ3) is 4.78. The molecule has 154 valence electrons. The third-order valence-corrected chi connectivity index (χ3v) is 4.33. The van der Waals surface area contributed by atoms with Gasteiger partial charge < -0.3 is 10.2 Å². The molecule has 0 amide bonds. The van der Waals surface area contributed by atoms with E-state index in [0.717, 1.165) is 18.2 Å². The molecular weight excluding hydrogens is 420 g/mol. The summed E-state index contributed by atoms with van der Waals surface area (Å²) in [7, 11) is -4.52. The van der Waals surface area contributed by atoms with Crippen LogP contribution >= 0.6 is 0 Å². The number of benzene rings is 2. The number of tetrazole rings is 1. The second-order valence-electron chi connectivity index (χ2n) is 5.46. The summed E-state index contributed by atoms with van der Waals surface area (Å²) in [5.41, 5.74) is 2.08. The van der Waals surface area contributed by atoms with Crippen molar-refractivity contribution in [3.8, 4) is 5.75 Å². The van der Waals surface area contributed by atoms with E-state index in [1.807, 2.05) is 0 Å². The fourth-order valence-corrected chi connectivity index (χ4v) is 2.60. The number of anilines is 1. The van der Waals surface area contributed by atoms with Crippen LogP contribution in [0.4, 0.5) is 11.4 Å². The van der Waals surface area contributed by atoms with Gasteiger partial charge in [-0.1, -0.05) is 12.1 Å². The predicted octanol–water partition coefficient (Wildman–Crippen LogP) is 1.41. The molecule has 0 radical (unpaired) electrons. The fourth-order valence-electron chi connectivity index (χ4n) is 2.09. The van der Waals surface area contributed by atoms with Crippen molar-refractivity contribution < 1.29 is 28.0 Å². The van der Waals surface area contributed by atoms with Crippen LogP contribution < -0.4 is 5.43 Å². The topological polar surface area (TPSA) is 215 Å². The summed E-state index contributed by atoms with van der Waals surface area (Å²) in [6.07, 6.45) is 0. The van der Waals surface area contributed by atoms with Gasteiger partial charge in [0.25, 0.3) is 10.1 Å². The summed E-state index contributed by atoms with van der Waals surface area (Å²) in [6, 6.07) is 8.77. The average molecular weight is 432 g/mol. The minimum Gasteiger partial charge on any atom is -0.506 e. The Morgan fingerprint density at radius 2 is 1.93 bits per heavy atom. The quantitative estimate of drug-likeness (QED) is 0.0941. The van der Waals surface area contributed by atoms with E-state index in [9.17, 15) is 23.4 Å². The van der Waals surface area contributed by atoms with Crippen LogP contribution in [0, 0.1) is 0 Å². The van der Waals surface area contributed by atoms with Gasteiger partial charge in [0, 0.05) is 0 Å². The van der Waals surface area contributed by atoms with Crippen molar-refractivity contribution in [3.05, 3.63) is 53.9 Å². The number of aromatic hydroxyl groups is 1. The number of carbonyl (C=O) groups is 1. The molecule has 1 heterocycles. The van der Waals surface area contributed by atoms with E-state index in [0.29, 0.717) is 0 Å². The Morgan fingerprint density at radius 3 is 2.60 bits per heavy atom. The Kier molecular flexibility index (Phi) is 5.75. The van der Waals surface area contributed by atoms with Crippen molar-refractivity contribution in [3.63, 3.8) is 0 Å². The highest BCUT2D eigenvalue weighted by molar-refractivity contribution is 7.85. The van der Waals surface area contributed by atoms with Crippen molar-refractivity contribution in [1.29, 1.82) is 0 Å². The highest BCUT2D eigenvalue weighted by Gasteiger charge is 2.14. The molecule has 30 heavy (non-hydrogen) atoms. The van der Waals surface area contributed by atoms with Gasteiger partial charge in [0.15, 0.2) is 0 Å². The van der Waals surface area contributed by atoms with Crippen LogP contribution in [0.15, 0.2) is 62.7 Å². The van der Waals surface area contributed by atoms with Crippen LogP contribution in [-0.4, -0.2) is 55.6 Å². The number of phenols is 1. The first-order valence-electron chi connectivity index (χ1n) is 7.88. The number of azo groups is 1. The maximum Gasteiger partial charge on any atom is 0.337 e. The number of aromatic nitrogens is 4. The number of carboxylic acid groups (broad SMARTS) is 1. The molecule has 14 nitrogen and oxygen atoms in total. The molecule has 0 saturated carbocycles. The van der Waals surface area contributed by atoms with Crippen molar-refractivity contribution >= 4 is 33.3 Å². The number of aromatic amines is 1. The standard InChI is InChI=1S/C15H12N8O6S/c24-12-6-5-8(30(27,28)29)7-11(12)17-19-13(14-20-22-23-21-14)18-16-10-4-2-1-3-9(10)15(25)26/h1-7,17,24H,(H,25,26)(H,27,28,29)(H,20,21,22,23)/b18-16?,19-13+. The third-order valence-electron chi connectivity index (χ3n) is 3.48. The summed E-state index contributed by atoms with van der Waals surface area (Å²) in [5, 5.41) is 43.5. The first-order chi connectivity index (χ1) is 14.3. The van der Waals surface area contributed by atoms with Crippen molar-refractivity contribution in [2.45, 2.75) is 4.90 Å². The van der Waals surface area contributed by atoms with Gasteiger partial charge in [-0.3, -0.25) is 9.98 Å². The zero-order valence-electron chi connectivity index (χ0n) is 14.7. The average Bonchev–Trinajstić information content (AvgIpc) is 3.23. The first kappa shape index (κ1) is 20.5. The highest BCUT2D eigenvalue weighted by atomic mass is 32.2. The molecule has 0 spiro atoms. The zero-order valence-corrected chi connectivity index (χ0v) is 15.5. The van der Waals surface area contributed by atoms with Gasteiger partial charge in [0.2, 0.25) is 11.7 Å². The Balaban J connectivity index is 1.97. The molecule has 0 aliphatic rings. The van der Waals surface area contributed by atoms with E-state index < -0.39 is 21.0 Å². The number of hydrogen-bond acceptors (Lipinski definition) is 10. The Hall–Kier alpha value is -4.24. The minimum atomic E-state index is -4.52. The number of aromatic carboxylic acids is 1. The Labute approximate surface area is 167 Å². The van der Waals surface area contributed by atoms with E-state index in [-0.39, 0.29) is 34.3 Å². The van der Waals surface area contributed by atoms with E-state index in [2.05, 4.69) is 41.4 Å². The fraction of sp³-hybridized carbons (Fsp3) is 0. The van der Waals surface area contributed by atoms with E-state index in [1.54, 1.807) is 6.07 Å². The zero-order chi connectivity index (χ0) is 21.7. The van der Waals surface area contributed by atoms with Crippen molar-refractivity contribution in [1.82, 2.24) is 20.6 Å². The number of amidine groups is 1. The lowest BCUT2D eigenvalue weighted by molar-refractivity contribution is 0.0697.